The summed E-state index contributed by atoms with van der Waals surface area (Å²) in [7, 11) is 0. The number of halogens is 1. The monoisotopic (exact) mass is 496 g/mol. The maximum atomic E-state index is 15.1. The van der Waals surface area contributed by atoms with Crippen molar-refractivity contribution in [1.29, 1.82) is 0 Å². The molecular weight excluding hydrogens is 463 g/mol. The summed E-state index contributed by atoms with van der Waals surface area (Å²) in [6.45, 7) is 1.84. The highest BCUT2D eigenvalue weighted by molar-refractivity contribution is 5.75. The first-order valence-electron chi connectivity index (χ1n) is 12.8. The minimum atomic E-state index is -0.636. The first-order chi connectivity index (χ1) is 17.3. The molecule has 192 valence electrons. The number of benzene rings is 1. The van der Waals surface area contributed by atoms with E-state index in [4.69, 9.17) is 4.74 Å². The Labute approximate surface area is 209 Å². The van der Waals surface area contributed by atoms with Crippen molar-refractivity contribution in [2.24, 2.45) is 0 Å². The second-order valence-electron chi connectivity index (χ2n) is 10.6. The zero-order valence-corrected chi connectivity index (χ0v) is 20.5. The number of alkyl carbamates (subject to hydrolysis) is 1. The number of aldehydes is 1. The van der Waals surface area contributed by atoms with Crippen LogP contribution in [0.15, 0.2) is 29.8 Å². The fourth-order valence-electron chi connectivity index (χ4n) is 5.57. The Morgan fingerprint density at radius 3 is 2.86 bits per heavy atom. The molecule has 36 heavy (non-hydrogen) atoms. The third-order valence-corrected chi connectivity index (χ3v) is 7.80. The average molecular weight is 497 g/mol. The van der Waals surface area contributed by atoms with E-state index in [2.05, 4.69) is 20.8 Å². The van der Waals surface area contributed by atoms with Gasteiger partial charge < -0.3 is 20.5 Å². The summed E-state index contributed by atoms with van der Waals surface area (Å²) < 4.78 is 20.7. The lowest BCUT2D eigenvalue weighted by molar-refractivity contribution is -0.105. The lowest BCUT2D eigenvalue weighted by Gasteiger charge is -2.33. The van der Waals surface area contributed by atoms with Crippen molar-refractivity contribution in [3.8, 4) is 0 Å². The van der Waals surface area contributed by atoms with Gasteiger partial charge in [0.15, 0.2) is 5.82 Å². The molecule has 0 bridgehead atoms. The zero-order valence-electron chi connectivity index (χ0n) is 20.5. The smallest absolute Gasteiger partial charge is 0.407 e. The van der Waals surface area contributed by atoms with Crippen molar-refractivity contribution in [2.45, 2.75) is 88.4 Å². The van der Waals surface area contributed by atoms with Gasteiger partial charge in [0, 0.05) is 30.1 Å². The van der Waals surface area contributed by atoms with E-state index in [0.29, 0.717) is 54.7 Å². The molecule has 0 radical (unpaired) electrons. The highest BCUT2D eigenvalue weighted by Crippen LogP contribution is 2.37. The number of allylic oxidation sites excluding steroid dienone is 2. The van der Waals surface area contributed by atoms with Gasteiger partial charge in [0.25, 0.3) is 0 Å². The summed E-state index contributed by atoms with van der Waals surface area (Å²) in [5.41, 5.74) is 2.76. The van der Waals surface area contributed by atoms with Gasteiger partial charge in [0.1, 0.15) is 18.2 Å². The number of carbonyl (C=O) groups is 2. The summed E-state index contributed by atoms with van der Waals surface area (Å²) >= 11 is 0. The molecule has 0 spiro atoms. The fourth-order valence-corrected chi connectivity index (χ4v) is 5.57. The number of amides is 1. The molecule has 1 aromatic heterocycles. The number of H-pyrrole nitrogens is 1. The van der Waals surface area contributed by atoms with E-state index in [1.54, 1.807) is 12.1 Å². The number of anilines is 2. The van der Waals surface area contributed by atoms with Crippen LogP contribution < -0.4 is 10.6 Å². The third kappa shape index (κ3) is 5.46. The number of rotatable bonds is 6. The molecule has 1 aromatic carbocycles. The molecule has 2 unspecified atom stereocenters. The normalized spacial score (nSPS) is 27.6. The van der Waals surface area contributed by atoms with E-state index in [-0.39, 0.29) is 23.9 Å². The summed E-state index contributed by atoms with van der Waals surface area (Å²) in [6, 6.07) is 5.46. The molecular formula is C27H33FN4O4. The first kappa shape index (κ1) is 24.5. The maximum absolute atomic E-state index is 15.1. The molecule has 2 atom stereocenters. The second kappa shape index (κ2) is 10.0. The lowest BCUT2D eigenvalue weighted by atomic mass is 9.84. The van der Waals surface area contributed by atoms with Gasteiger partial charge in [-0.3, -0.25) is 9.89 Å². The van der Waals surface area contributed by atoms with Crippen LogP contribution in [0.2, 0.25) is 0 Å². The standard InChI is InChI=1S/C27H33FN4O4/c1-27(35)10-8-19(9-11-27)29-26(34)36-20-5-3-18(13-20)23-14-24(32-31-23)30-22-7-4-17-12-16(15-33)2-6-21(17)25(22)28/h2,4,7,14-15,18-20,35H,3,5-6,8-13H2,1H3,(H,29,34)(H2,30,31,32). The van der Waals surface area contributed by atoms with Gasteiger partial charge in [-0.25, -0.2) is 9.18 Å². The second-order valence-corrected chi connectivity index (χ2v) is 10.6. The molecule has 2 fully saturated rings. The van der Waals surface area contributed by atoms with Crippen LogP contribution >= 0.6 is 0 Å². The number of ether oxygens (including phenoxy) is 1. The van der Waals surface area contributed by atoms with Crippen LogP contribution in [0.25, 0.3) is 0 Å². The molecule has 5 rings (SSSR count). The Bertz CT molecular complexity index is 1160. The Hall–Kier alpha value is -3.20. The predicted molar refractivity (Wildman–Crippen MR) is 133 cm³/mol. The summed E-state index contributed by atoms with van der Waals surface area (Å²) in [5.74, 6) is 0.384. The van der Waals surface area contributed by atoms with Gasteiger partial charge in [0.05, 0.1) is 11.3 Å². The van der Waals surface area contributed by atoms with E-state index in [1.807, 2.05) is 19.1 Å². The summed E-state index contributed by atoms with van der Waals surface area (Å²) in [4.78, 5) is 23.4. The van der Waals surface area contributed by atoms with Crippen LogP contribution in [0, 0.1) is 5.82 Å². The molecule has 2 aromatic rings. The van der Waals surface area contributed by atoms with Gasteiger partial charge in [-0.05, 0) is 81.1 Å². The summed E-state index contributed by atoms with van der Waals surface area (Å²) in [6.07, 6.45) is 8.08. The Morgan fingerprint density at radius 2 is 2.08 bits per heavy atom. The summed E-state index contributed by atoms with van der Waals surface area (Å²) in [5, 5.41) is 23.4. The Morgan fingerprint density at radius 1 is 1.28 bits per heavy atom. The van der Waals surface area contributed by atoms with Crippen molar-refractivity contribution in [2.75, 3.05) is 5.32 Å². The highest BCUT2D eigenvalue weighted by Gasteiger charge is 2.32. The van der Waals surface area contributed by atoms with Gasteiger partial charge in [-0.15, -0.1) is 0 Å². The van der Waals surface area contributed by atoms with Gasteiger partial charge in [0.2, 0.25) is 0 Å². The van der Waals surface area contributed by atoms with E-state index in [9.17, 15) is 14.7 Å². The van der Waals surface area contributed by atoms with Gasteiger partial charge in [-0.1, -0.05) is 12.1 Å². The van der Waals surface area contributed by atoms with Crippen molar-refractivity contribution in [3.05, 3.63) is 52.5 Å². The number of aromatic amines is 1. The van der Waals surface area contributed by atoms with Crippen LogP contribution in [0.3, 0.4) is 0 Å². The van der Waals surface area contributed by atoms with Crippen LogP contribution in [0.1, 0.15) is 74.6 Å². The highest BCUT2D eigenvalue weighted by atomic mass is 19.1. The number of nitrogens with zero attached hydrogens (tertiary/aromatic N) is 1. The fraction of sp³-hybridized carbons (Fsp3) is 0.519. The van der Waals surface area contributed by atoms with Crippen molar-refractivity contribution >= 4 is 23.9 Å². The van der Waals surface area contributed by atoms with Crippen molar-refractivity contribution < 1.29 is 23.8 Å². The zero-order chi connectivity index (χ0) is 25.3. The first-order valence-corrected chi connectivity index (χ1v) is 12.8. The van der Waals surface area contributed by atoms with Crippen LogP contribution in [-0.4, -0.2) is 45.4 Å². The van der Waals surface area contributed by atoms with E-state index in [1.165, 1.54) is 0 Å². The van der Waals surface area contributed by atoms with Gasteiger partial charge in [-0.2, -0.15) is 5.10 Å². The number of hydrogen-bond acceptors (Lipinski definition) is 6. The quantitative estimate of drug-likeness (QED) is 0.435. The largest absolute Gasteiger partial charge is 0.446 e. The molecule has 8 nitrogen and oxygen atoms in total. The molecule has 4 N–H and O–H groups in total. The van der Waals surface area contributed by atoms with E-state index in [0.717, 1.165) is 43.2 Å². The molecule has 1 heterocycles. The maximum Gasteiger partial charge on any atom is 0.407 e. The number of fused-ring (bicyclic) bond motifs is 1. The van der Waals surface area contributed by atoms with Crippen molar-refractivity contribution in [1.82, 2.24) is 15.5 Å². The number of hydrogen-bond donors (Lipinski definition) is 4. The Kier molecular flexibility index (Phi) is 6.83. The van der Waals surface area contributed by atoms with E-state index >= 15 is 4.39 Å². The number of nitrogens with one attached hydrogen (secondary N) is 3. The van der Waals surface area contributed by atoms with Crippen molar-refractivity contribution in [3.63, 3.8) is 0 Å². The van der Waals surface area contributed by atoms with E-state index < -0.39 is 11.7 Å². The molecule has 9 heteroatoms. The molecule has 1 amide bonds. The predicted octanol–water partition coefficient (Wildman–Crippen LogP) is 4.57. The van der Waals surface area contributed by atoms with Crippen LogP contribution in [0.4, 0.5) is 20.7 Å². The van der Waals surface area contributed by atoms with Crippen LogP contribution in [0.5, 0.6) is 0 Å². The topological polar surface area (TPSA) is 116 Å². The Balaban J connectivity index is 1.13. The SMILES string of the molecule is CC1(O)CCC(NC(=O)OC2CCC(c3cc(Nc4ccc5c(c4F)CC=C(C=O)C5)n[nH]3)C2)CC1. The number of aromatic nitrogens is 2. The number of carbonyl (C=O) groups excluding carboxylic acids is 2. The average Bonchev–Trinajstić information content (AvgIpc) is 3.51. The molecule has 0 aliphatic heterocycles. The van der Waals surface area contributed by atoms with Gasteiger partial charge >= 0.3 is 6.09 Å². The molecule has 3 aliphatic rings. The van der Waals surface area contributed by atoms with Crippen LogP contribution in [-0.2, 0) is 22.4 Å². The third-order valence-electron chi connectivity index (χ3n) is 7.80. The molecule has 3 aliphatic carbocycles. The number of aliphatic hydroxyl groups is 1. The lowest BCUT2D eigenvalue weighted by Crippen LogP contribution is -2.43. The molecule has 0 saturated heterocycles. The minimum absolute atomic E-state index is 0.0447. The minimum Gasteiger partial charge on any atom is -0.446 e. The molecule has 2 saturated carbocycles.